The van der Waals surface area contributed by atoms with Gasteiger partial charge in [0.25, 0.3) is 11.5 Å². The fraction of sp³-hybridized carbons (Fsp3) is 0.333. The van der Waals surface area contributed by atoms with Crippen molar-refractivity contribution in [1.82, 2.24) is 15.2 Å². The molecule has 23 heavy (non-hydrogen) atoms. The SMILES string of the molecule is Cc1ccc(C(=O)NC(Cc2ccccc2)CN(C)C)c(=O)[nH]1. The van der Waals surface area contributed by atoms with Crippen LogP contribution in [0.25, 0.3) is 0 Å². The van der Waals surface area contributed by atoms with Gasteiger partial charge in [-0.1, -0.05) is 30.3 Å². The Hall–Kier alpha value is -2.40. The minimum Gasteiger partial charge on any atom is -0.348 e. The maximum atomic E-state index is 12.4. The van der Waals surface area contributed by atoms with Crippen molar-refractivity contribution < 1.29 is 4.79 Å². The van der Waals surface area contributed by atoms with Crippen LogP contribution in [0.1, 0.15) is 21.6 Å². The van der Waals surface area contributed by atoms with E-state index in [0.717, 1.165) is 11.3 Å². The first-order valence-electron chi connectivity index (χ1n) is 7.65. The average Bonchev–Trinajstić information content (AvgIpc) is 2.47. The number of aromatic nitrogens is 1. The molecule has 0 aliphatic rings. The summed E-state index contributed by atoms with van der Waals surface area (Å²) in [5.74, 6) is -0.339. The van der Waals surface area contributed by atoms with Gasteiger partial charge in [0.2, 0.25) is 0 Å². The van der Waals surface area contributed by atoms with Gasteiger partial charge in [-0.25, -0.2) is 0 Å². The largest absolute Gasteiger partial charge is 0.348 e. The maximum Gasteiger partial charge on any atom is 0.260 e. The third kappa shape index (κ3) is 5.07. The van der Waals surface area contributed by atoms with Gasteiger partial charge in [-0.05, 0) is 45.1 Å². The van der Waals surface area contributed by atoms with E-state index in [1.807, 2.05) is 49.3 Å². The third-order valence-electron chi connectivity index (χ3n) is 3.55. The Morgan fingerprint density at radius 1 is 1.17 bits per heavy atom. The quantitative estimate of drug-likeness (QED) is 0.851. The normalized spacial score (nSPS) is 12.2. The molecular formula is C18H23N3O2. The van der Waals surface area contributed by atoms with Crippen LogP contribution in [0.15, 0.2) is 47.3 Å². The van der Waals surface area contributed by atoms with E-state index >= 15 is 0 Å². The molecule has 1 amide bonds. The van der Waals surface area contributed by atoms with E-state index in [0.29, 0.717) is 13.0 Å². The molecule has 1 unspecified atom stereocenters. The van der Waals surface area contributed by atoms with Crippen LogP contribution in [-0.2, 0) is 6.42 Å². The molecule has 0 radical (unpaired) electrons. The minimum absolute atomic E-state index is 0.0689. The second kappa shape index (κ2) is 7.74. The van der Waals surface area contributed by atoms with Gasteiger partial charge in [0.05, 0.1) is 0 Å². The number of nitrogens with zero attached hydrogens (tertiary/aromatic N) is 1. The van der Waals surface area contributed by atoms with E-state index in [2.05, 4.69) is 10.3 Å². The van der Waals surface area contributed by atoms with Crippen molar-refractivity contribution in [3.8, 4) is 0 Å². The highest BCUT2D eigenvalue weighted by Crippen LogP contribution is 2.05. The van der Waals surface area contributed by atoms with Gasteiger partial charge in [0.15, 0.2) is 0 Å². The van der Waals surface area contributed by atoms with Crippen LogP contribution in [0.2, 0.25) is 0 Å². The summed E-state index contributed by atoms with van der Waals surface area (Å²) in [5.41, 5.74) is 1.68. The Kier molecular flexibility index (Phi) is 5.71. The van der Waals surface area contributed by atoms with Gasteiger partial charge in [0.1, 0.15) is 5.56 Å². The summed E-state index contributed by atoms with van der Waals surface area (Å²) in [7, 11) is 3.92. The van der Waals surface area contributed by atoms with Crippen LogP contribution in [0, 0.1) is 6.92 Å². The number of rotatable bonds is 6. The molecule has 122 valence electrons. The number of benzene rings is 1. The topological polar surface area (TPSA) is 65.2 Å². The number of hydrogen-bond donors (Lipinski definition) is 2. The highest BCUT2D eigenvalue weighted by atomic mass is 16.2. The van der Waals surface area contributed by atoms with Crippen molar-refractivity contribution in [2.75, 3.05) is 20.6 Å². The Labute approximate surface area is 136 Å². The lowest BCUT2D eigenvalue weighted by Gasteiger charge is -2.22. The van der Waals surface area contributed by atoms with E-state index in [-0.39, 0.29) is 23.1 Å². The summed E-state index contributed by atoms with van der Waals surface area (Å²) < 4.78 is 0. The van der Waals surface area contributed by atoms with Gasteiger partial charge in [-0.2, -0.15) is 0 Å². The number of likely N-dealkylation sites (N-methyl/N-ethyl adjacent to an activating group) is 1. The molecule has 1 aromatic heterocycles. The first kappa shape index (κ1) is 17.0. The van der Waals surface area contributed by atoms with E-state index in [4.69, 9.17) is 0 Å². The number of amides is 1. The number of aryl methyl sites for hydroxylation is 1. The summed E-state index contributed by atoms with van der Waals surface area (Å²) in [6.45, 7) is 2.48. The molecule has 0 saturated carbocycles. The van der Waals surface area contributed by atoms with Crippen molar-refractivity contribution >= 4 is 5.91 Å². The molecule has 2 N–H and O–H groups in total. The molecule has 2 rings (SSSR count). The van der Waals surface area contributed by atoms with Gasteiger partial charge < -0.3 is 15.2 Å². The van der Waals surface area contributed by atoms with Crippen LogP contribution < -0.4 is 10.9 Å². The van der Waals surface area contributed by atoms with Crippen molar-refractivity contribution in [2.24, 2.45) is 0 Å². The fourth-order valence-corrected chi connectivity index (χ4v) is 2.51. The Bertz CT molecular complexity index is 708. The fourth-order valence-electron chi connectivity index (χ4n) is 2.51. The summed E-state index contributed by atoms with van der Waals surface area (Å²) in [4.78, 5) is 29.0. The molecule has 1 heterocycles. The molecule has 0 aliphatic heterocycles. The first-order valence-corrected chi connectivity index (χ1v) is 7.65. The zero-order valence-electron chi connectivity index (χ0n) is 13.8. The van der Waals surface area contributed by atoms with Crippen LogP contribution in [0.5, 0.6) is 0 Å². The predicted molar refractivity (Wildman–Crippen MR) is 91.8 cm³/mol. The van der Waals surface area contributed by atoms with Crippen molar-refractivity contribution in [1.29, 1.82) is 0 Å². The number of H-pyrrole nitrogens is 1. The molecule has 1 aromatic carbocycles. The number of hydrogen-bond acceptors (Lipinski definition) is 3. The lowest BCUT2D eigenvalue weighted by molar-refractivity contribution is 0.0928. The Balaban J connectivity index is 2.13. The molecular weight excluding hydrogens is 290 g/mol. The zero-order chi connectivity index (χ0) is 16.8. The zero-order valence-corrected chi connectivity index (χ0v) is 13.8. The van der Waals surface area contributed by atoms with E-state index in [1.54, 1.807) is 19.1 Å². The van der Waals surface area contributed by atoms with Crippen LogP contribution in [0.3, 0.4) is 0 Å². The summed E-state index contributed by atoms with van der Waals surface area (Å²) in [6.07, 6.45) is 0.717. The van der Waals surface area contributed by atoms with E-state index in [9.17, 15) is 9.59 Å². The standard InChI is InChI=1S/C18H23N3O2/c1-13-9-10-16(17(22)19-13)18(23)20-15(12-21(2)3)11-14-7-5-4-6-8-14/h4-10,15H,11-12H2,1-3H3,(H,19,22)(H,20,23). The third-order valence-corrected chi connectivity index (χ3v) is 3.55. The second-order valence-electron chi connectivity index (χ2n) is 6.01. The lowest BCUT2D eigenvalue weighted by atomic mass is 10.1. The maximum absolute atomic E-state index is 12.4. The summed E-state index contributed by atoms with van der Waals surface area (Å²) in [6, 6.07) is 13.2. The highest BCUT2D eigenvalue weighted by Gasteiger charge is 2.17. The molecule has 0 spiro atoms. The Morgan fingerprint density at radius 2 is 1.87 bits per heavy atom. The predicted octanol–water partition coefficient (Wildman–Crippen LogP) is 1.59. The number of pyridine rings is 1. The van der Waals surface area contributed by atoms with E-state index in [1.165, 1.54) is 0 Å². The molecule has 0 saturated heterocycles. The Morgan fingerprint density at radius 3 is 2.48 bits per heavy atom. The lowest BCUT2D eigenvalue weighted by Crippen LogP contribution is -2.44. The number of carbonyl (C=O) groups excluding carboxylic acids is 1. The summed E-state index contributed by atoms with van der Waals surface area (Å²) >= 11 is 0. The molecule has 1 atom stereocenters. The van der Waals surface area contributed by atoms with Crippen LogP contribution in [-0.4, -0.2) is 42.5 Å². The van der Waals surface area contributed by atoms with Gasteiger partial charge in [-0.15, -0.1) is 0 Å². The number of aromatic amines is 1. The van der Waals surface area contributed by atoms with Gasteiger partial charge >= 0.3 is 0 Å². The minimum atomic E-state index is -0.356. The van der Waals surface area contributed by atoms with Crippen molar-refractivity contribution in [3.05, 3.63) is 69.6 Å². The van der Waals surface area contributed by atoms with E-state index < -0.39 is 0 Å². The molecule has 5 nitrogen and oxygen atoms in total. The van der Waals surface area contributed by atoms with Gasteiger partial charge in [-0.3, -0.25) is 9.59 Å². The number of nitrogens with one attached hydrogen (secondary N) is 2. The van der Waals surface area contributed by atoms with Gasteiger partial charge in [0, 0.05) is 18.3 Å². The molecule has 0 bridgehead atoms. The number of carbonyl (C=O) groups is 1. The smallest absolute Gasteiger partial charge is 0.260 e. The monoisotopic (exact) mass is 313 g/mol. The van der Waals surface area contributed by atoms with Crippen molar-refractivity contribution in [2.45, 2.75) is 19.4 Å². The van der Waals surface area contributed by atoms with Crippen molar-refractivity contribution in [3.63, 3.8) is 0 Å². The molecule has 0 fully saturated rings. The highest BCUT2D eigenvalue weighted by molar-refractivity contribution is 5.94. The van der Waals surface area contributed by atoms with Crippen LogP contribution in [0.4, 0.5) is 0 Å². The van der Waals surface area contributed by atoms with Crippen LogP contribution >= 0.6 is 0 Å². The first-order chi connectivity index (χ1) is 11.0. The molecule has 5 heteroatoms. The average molecular weight is 313 g/mol. The molecule has 0 aliphatic carbocycles. The molecule has 2 aromatic rings. The summed E-state index contributed by atoms with van der Waals surface area (Å²) in [5, 5.41) is 2.97. The second-order valence-corrected chi connectivity index (χ2v) is 6.01.